The van der Waals surface area contributed by atoms with Gasteiger partial charge in [0.05, 0.1) is 5.92 Å². The minimum atomic E-state index is -1.36. The molecule has 0 saturated heterocycles. The highest BCUT2D eigenvalue weighted by Gasteiger charge is 2.36. The van der Waals surface area contributed by atoms with Gasteiger partial charge in [-0.15, -0.1) is 0 Å². The molecule has 0 N–H and O–H groups in total. The van der Waals surface area contributed by atoms with Gasteiger partial charge >= 0.3 is 0 Å². The van der Waals surface area contributed by atoms with Crippen molar-refractivity contribution in [3.8, 4) is 0 Å². The number of hydrogen-bond acceptors (Lipinski definition) is 0. The maximum atomic E-state index is 6.47. The molecule has 4 rings (SSSR count). The number of hydrogen-bond donors (Lipinski definition) is 0. The molecule has 0 atom stereocenters. The Labute approximate surface area is 165 Å². The van der Waals surface area contributed by atoms with Gasteiger partial charge in [-0.1, -0.05) is 71.2 Å². The second-order valence-electron chi connectivity index (χ2n) is 7.45. The van der Waals surface area contributed by atoms with Crippen molar-refractivity contribution in [3.05, 3.63) is 69.8 Å². The standard InChI is InChI=1S/C22H23Cl3/c23-22(24,25)21(19-11-9-15-5-1-3-7-17(15)13-19)20-12-10-16-6-2-4-8-18(16)14-20/h9-14,21H,1-8H2. The fourth-order valence-electron chi connectivity index (χ4n) is 4.44. The summed E-state index contributed by atoms with van der Waals surface area (Å²) in [5.41, 5.74) is 8.03. The fraction of sp³-hybridized carbons (Fsp3) is 0.455. The van der Waals surface area contributed by atoms with E-state index in [9.17, 15) is 0 Å². The maximum Gasteiger partial charge on any atom is 0.201 e. The molecule has 0 bridgehead atoms. The summed E-state index contributed by atoms with van der Waals surface area (Å²) in [6.07, 6.45) is 9.71. The summed E-state index contributed by atoms with van der Waals surface area (Å²) in [5.74, 6) is -0.225. The molecule has 0 amide bonds. The number of halogens is 3. The average molecular weight is 394 g/mol. The van der Waals surface area contributed by atoms with Crippen LogP contribution < -0.4 is 0 Å². The van der Waals surface area contributed by atoms with Gasteiger partial charge in [0, 0.05) is 0 Å². The minimum absolute atomic E-state index is 0.225. The highest BCUT2D eigenvalue weighted by Crippen LogP contribution is 2.46. The van der Waals surface area contributed by atoms with E-state index in [0.717, 1.165) is 24.0 Å². The van der Waals surface area contributed by atoms with Gasteiger partial charge in [-0.05, 0) is 84.7 Å². The number of alkyl halides is 3. The molecule has 0 heterocycles. The highest BCUT2D eigenvalue weighted by molar-refractivity contribution is 6.68. The molecule has 0 radical (unpaired) electrons. The van der Waals surface area contributed by atoms with Crippen molar-refractivity contribution in [3.63, 3.8) is 0 Å². The summed E-state index contributed by atoms with van der Waals surface area (Å²) in [7, 11) is 0. The van der Waals surface area contributed by atoms with Crippen LogP contribution in [0.15, 0.2) is 36.4 Å². The number of benzene rings is 2. The number of fused-ring (bicyclic) bond motifs is 2. The summed E-state index contributed by atoms with van der Waals surface area (Å²) >= 11 is 19.4. The van der Waals surface area contributed by atoms with Gasteiger partial charge in [-0.3, -0.25) is 0 Å². The van der Waals surface area contributed by atoms with Crippen molar-refractivity contribution in [2.24, 2.45) is 0 Å². The van der Waals surface area contributed by atoms with Crippen LogP contribution in [0.25, 0.3) is 0 Å². The van der Waals surface area contributed by atoms with Gasteiger partial charge in [-0.25, -0.2) is 0 Å². The first-order chi connectivity index (χ1) is 12.0. The van der Waals surface area contributed by atoms with Crippen molar-refractivity contribution in [1.82, 2.24) is 0 Å². The lowest BCUT2D eigenvalue weighted by Crippen LogP contribution is -2.20. The van der Waals surface area contributed by atoms with Crippen LogP contribution in [0.1, 0.15) is 65.0 Å². The van der Waals surface area contributed by atoms with Crippen molar-refractivity contribution < 1.29 is 0 Å². The minimum Gasteiger partial charge on any atom is -0.0826 e. The van der Waals surface area contributed by atoms with E-state index in [1.165, 1.54) is 60.8 Å². The van der Waals surface area contributed by atoms with E-state index in [1.54, 1.807) is 0 Å². The van der Waals surface area contributed by atoms with E-state index in [-0.39, 0.29) is 5.92 Å². The quantitative estimate of drug-likeness (QED) is 0.484. The van der Waals surface area contributed by atoms with Crippen LogP contribution in [-0.4, -0.2) is 3.79 Å². The molecule has 0 fully saturated rings. The van der Waals surface area contributed by atoms with Gasteiger partial charge in [0.15, 0.2) is 0 Å². The Bertz CT molecular complexity index is 714. The summed E-state index contributed by atoms with van der Waals surface area (Å²) in [4.78, 5) is 0. The van der Waals surface area contributed by atoms with E-state index in [2.05, 4.69) is 36.4 Å². The van der Waals surface area contributed by atoms with Crippen LogP contribution in [-0.2, 0) is 25.7 Å². The molecule has 0 aromatic heterocycles. The van der Waals surface area contributed by atoms with Gasteiger partial charge < -0.3 is 0 Å². The van der Waals surface area contributed by atoms with Gasteiger partial charge in [0.25, 0.3) is 0 Å². The first kappa shape index (κ1) is 17.7. The van der Waals surface area contributed by atoms with Crippen molar-refractivity contribution in [2.45, 2.75) is 61.1 Å². The lowest BCUT2D eigenvalue weighted by Gasteiger charge is -2.28. The summed E-state index contributed by atoms with van der Waals surface area (Å²) in [6, 6.07) is 13.4. The molecule has 2 aliphatic rings. The van der Waals surface area contributed by atoms with Crippen LogP contribution in [0.2, 0.25) is 0 Å². The topological polar surface area (TPSA) is 0 Å². The smallest absolute Gasteiger partial charge is 0.0826 e. The van der Waals surface area contributed by atoms with Crippen LogP contribution in [0, 0.1) is 0 Å². The molecule has 0 aliphatic heterocycles. The summed E-state index contributed by atoms with van der Waals surface area (Å²) in [6.45, 7) is 0. The second kappa shape index (κ2) is 7.14. The molecule has 0 nitrogen and oxygen atoms in total. The molecule has 2 aromatic rings. The number of aryl methyl sites for hydroxylation is 4. The van der Waals surface area contributed by atoms with Crippen molar-refractivity contribution in [1.29, 1.82) is 0 Å². The monoisotopic (exact) mass is 392 g/mol. The zero-order chi connectivity index (χ0) is 17.4. The Morgan fingerprint density at radius 3 is 1.40 bits per heavy atom. The third-order valence-corrected chi connectivity index (χ3v) is 6.39. The van der Waals surface area contributed by atoms with Crippen LogP contribution in [0.3, 0.4) is 0 Å². The van der Waals surface area contributed by atoms with Crippen LogP contribution in [0.5, 0.6) is 0 Å². The highest BCUT2D eigenvalue weighted by atomic mass is 35.6. The van der Waals surface area contributed by atoms with Crippen LogP contribution >= 0.6 is 34.8 Å². The largest absolute Gasteiger partial charge is 0.201 e. The Balaban J connectivity index is 1.76. The van der Waals surface area contributed by atoms with E-state index >= 15 is 0 Å². The fourth-order valence-corrected chi connectivity index (χ4v) is 5.19. The predicted molar refractivity (Wildman–Crippen MR) is 108 cm³/mol. The number of rotatable bonds is 2. The van der Waals surface area contributed by atoms with Gasteiger partial charge in [0.2, 0.25) is 3.79 Å². The third kappa shape index (κ3) is 3.72. The Morgan fingerprint density at radius 1 is 0.600 bits per heavy atom. The molecule has 2 aliphatic carbocycles. The molecule has 3 heteroatoms. The molecule has 0 spiro atoms. The Morgan fingerprint density at radius 2 is 1.00 bits per heavy atom. The summed E-state index contributed by atoms with van der Waals surface area (Å²) in [5, 5.41) is 0. The lowest BCUT2D eigenvalue weighted by molar-refractivity contribution is 0.679. The van der Waals surface area contributed by atoms with Gasteiger partial charge in [-0.2, -0.15) is 0 Å². The maximum absolute atomic E-state index is 6.47. The van der Waals surface area contributed by atoms with E-state index in [1.807, 2.05) is 0 Å². The first-order valence-electron chi connectivity index (χ1n) is 9.32. The molecule has 132 valence electrons. The average Bonchev–Trinajstić information content (AvgIpc) is 2.60. The van der Waals surface area contributed by atoms with E-state index in [0.29, 0.717) is 0 Å². The van der Waals surface area contributed by atoms with Crippen LogP contribution in [0.4, 0.5) is 0 Å². The van der Waals surface area contributed by atoms with Crippen molar-refractivity contribution in [2.75, 3.05) is 0 Å². The molecule has 2 aromatic carbocycles. The zero-order valence-corrected chi connectivity index (χ0v) is 16.6. The van der Waals surface area contributed by atoms with E-state index in [4.69, 9.17) is 34.8 Å². The van der Waals surface area contributed by atoms with Crippen molar-refractivity contribution >= 4 is 34.8 Å². The first-order valence-corrected chi connectivity index (χ1v) is 10.5. The summed E-state index contributed by atoms with van der Waals surface area (Å²) < 4.78 is -1.36. The van der Waals surface area contributed by atoms with E-state index < -0.39 is 3.79 Å². The normalized spacial score (nSPS) is 17.3. The Hall–Kier alpha value is -0.690. The lowest BCUT2D eigenvalue weighted by atomic mass is 9.83. The Kier molecular flexibility index (Phi) is 5.06. The molecular weight excluding hydrogens is 371 g/mol. The molecular formula is C22H23Cl3. The zero-order valence-electron chi connectivity index (χ0n) is 14.3. The SMILES string of the molecule is ClC(Cl)(Cl)C(c1ccc2c(c1)CCCC2)c1ccc2c(c1)CCCC2. The molecule has 0 unspecified atom stereocenters. The predicted octanol–water partition coefficient (Wildman–Crippen LogP) is 6.95. The molecule has 0 saturated carbocycles. The third-order valence-electron chi connectivity index (χ3n) is 5.74. The van der Waals surface area contributed by atoms with Gasteiger partial charge in [0.1, 0.15) is 0 Å². The second-order valence-corrected chi connectivity index (χ2v) is 9.81. The molecule has 25 heavy (non-hydrogen) atoms.